The van der Waals surface area contributed by atoms with E-state index in [1.165, 1.54) is 49.0 Å². The summed E-state index contributed by atoms with van der Waals surface area (Å²) >= 11 is 1.32. The first-order valence-corrected chi connectivity index (χ1v) is 8.42. The number of fused-ring (bicyclic) bond motifs is 1. The van der Waals surface area contributed by atoms with Crippen molar-refractivity contribution in [3.05, 3.63) is 41.7 Å². The van der Waals surface area contributed by atoms with Crippen LogP contribution < -0.4 is 4.72 Å². The molecule has 122 valence electrons. The SMILES string of the molecule is FC(F)(F)c1ccc(SNc2cnn3c2CC2(CC3)CC2)cc1. The van der Waals surface area contributed by atoms with Crippen molar-refractivity contribution in [3.63, 3.8) is 0 Å². The van der Waals surface area contributed by atoms with Crippen molar-refractivity contribution in [2.24, 2.45) is 5.41 Å². The minimum Gasteiger partial charge on any atom is -0.323 e. The van der Waals surface area contributed by atoms with E-state index in [0.29, 0.717) is 5.41 Å². The second kappa shape index (κ2) is 5.19. The van der Waals surface area contributed by atoms with Gasteiger partial charge in [-0.15, -0.1) is 0 Å². The van der Waals surface area contributed by atoms with Gasteiger partial charge in [-0.05, 0) is 67.3 Å². The van der Waals surface area contributed by atoms with Crippen molar-refractivity contribution in [1.82, 2.24) is 9.78 Å². The van der Waals surface area contributed by atoms with Gasteiger partial charge in [-0.2, -0.15) is 18.3 Å². The molecule has 2 aromatic rings. The second-order valence-corrected chi connectivity index (χ2v) is 7.26. The maximum Gasteiger partial charge on any atom is 0.416 e. The van der Waals surface area contributed by atoms with Crippen LogP contribution >= 0.6 is 11.9 Å². The summed E-state index contributed by atoms with van der Waals surface area (Å²) in [5.41, 5.74) is 2.06. The van der Waals surface area contributed by atoms with Crippen LogP contribution in [0.25, 0.3) is 0 Å². The van der Waals surface area contributed by atoms with E-state index >= 15 is 0 Å². The van der Waals surface area contributed by atoms with Crippen LogP contribution in [-0.2, 0) is 19.1 Å². The quantitative estimate of drug-likeness (QED) is 0.819. The Morgan fingerprint density at radius 3 is 2.52 bits per heavy atom. The van der Waals surface area contributed by atoms with Gasteiger partial charge in [0.15, 0.2) is 0 Å². The Hall–Kier alpha value is -1.63. The highest BCUT2D eigenvalue weighted by atomic mass is 32.2. The minimum atomic E-state index is -4.29. The Labute approximate surface area is 136 Å². The van der Waals surface area contributed by atoms with Crippen molar-refractivity contribution in [3.8, 4) is 0 Å². The summed E-state index contributed by atoms with van der Waals surface area (Å²) in [5.74, 6) is 0. The normalized spacial score (nSPS) is 18.7. The van der Waals surface area contributed by atoms with Gasteiger partial charge in [0.2, 0.25) is 0 Å². The average molecular weight is 339 g/mol. The van der Waals surface area contributed by atoms with Gasteiger partial charge in [-0.3, -0.25) is 4.68 Å². The first-order valence-electron chi connectivity index (χ1n) is 7.60. The van der Waals surface area contributed by atoms with Gasteiger partial charge in [0.25, 0.3) is 0 Å². The summed E-state index contributed by atoms with van der Waals surface area (Å²) < 4.78 is 43.0. The third-order valence-electron chi connectivity index (χ3n) is 4.76. The van der Waals surface area contributed by atoms with E-state index in [0.717, 1.165) is 35.7 Å². The highest BCUT2D eigenvalue weighted by Gasteiger charge is 2.45. The molecule has 1 aliphatic carbocycles. The summed E-state index contributed by atoms with van der Waals surface area (Å²) in [6.45, 7) is 0.960. The summed E-state index contributed by atoms with van der Waals surface area (Å²) in [6.07, 6.45) is 2.36. The molecule has 1 N–H and O–H groups in total. The standard InChI is InChI=1S/C16H16F3N3S/c17-16(18,19)11-1-3-12(4-2-11)23-21-13-10-20-22-8-7-15(5-6-15)9-14(13)22/h1-4,10,21H,5-9H2. The average Bonchev–Trinajstić information content (AvgIpc) is 3.15. The number of alkyl halides is 3. The lowest BCUT2D eigenvalue weighted by atomic mass is 9.93. The molecule has 1 aromatic heterocycles. The van der Waals surface area contributed by atoms with Gasteiger partial charge in [-0.1, -0.05) is 0 Å². The number of aryl methyl sites for hydroxylation is 1. The van der Waals surface area contributed by atoms with E-state index in [2.05, 4.69) is 9.82 Å². The topological polar surface area (TPSA) is 29.9 Å². The van der Waals surface area contributed by atoms with Crippen LogP contribution in [0, 0.1) is 5.41 Å². The van der Waals surface area contributed by atoms with Crippen LogP contribution in [0.4, 0.5) is 18.9 Å². The Kier molecular flexibility index (Phi) is 3.37. The molecule has 23 heavy (non-hydrogen) atoms. The zero-order valence-corrected chi connectivity index (χ0v) is 13.2. The molecule has 0 unspecified atom stereocenters. The molecule has 1 aliphatic heterocycles. The van der Waals surface area contributed by atoms with Gasteiger partial charge in [0, 0.05) is 11.4 Å². The zero-order chi connectivity index (χ0) is 16.1. The fourth-order valence-electron chi connectivity index (χ4n) is 3.09. The Balaban J connectivity index is 1.45. The van der Waals surface area contributed by atoms with Crippen molar-refractivity contribution in [2.75, 3.05) is 4.72 Å². The summed E-state index contributed by atoms with van der Waals surface area (Å²) in [4.78, 5) is 0.745. The molecule has 1 saturated carbocycles. The van der Waals surface area contributed by atoms with Crippen LogP contribution in [-0.4, -0.2) is 9.78 Å². The number of halogens is 3. The largest absolute Gasteiger partial charge is 0.416 e. The van der Waals surface area contributed by atoms with Gasteiger partial charge >= 0.3 is 6.18 Å². The Bertz CT molecular complexity index is 717. The predicted octanol–water partition coefficient (Wildman–Crippen LogP) is 4.75. The van der Waals surface area contributed by atoms with E-state index in [-0.39, 0.29) is 0 Å². The molecule has 2 heterocycles. The van der Waals surface area contributed by atoms with Crippen molar-refractivity contribution < 1.29 is 13.2 Å². The molecule has 2 aliphatic rings. The molecular formula is C16H16F3N3S. The lowest BCUT2D eigenvalue weighted by molar-refractivity contribution is -0.137. The van der Waals surface area contributed by atoms with Crippen molar-refractivity contribution >= 4 is 17.6 Å². The molecular weight excluding hydrogens is 323 g/mol. The van der Waals surface area contributed by atoms with Gasteiger partial charge < -0.3 is 4.72 Å². The van der Waals surface area contributed by atoms with Gasteiger partial charge in [-0.25, -0.2) is 0 Å². The Morgan fingerprint density at radius 2 is 1.87 bits per heavy atom. The van der Waals surface area contributed by atoms with E-state index in [1.54, 1.807) is 0 Å². The number of hydrogen-bond acceptors (Lipinski definition) is 3. The number of rotatable bonds is 3. The van der Waals surface area contributed by atoms with E-state index < -0.39 is 11.7 Å². The number of nitrogens with one attached hydrogen (secondary N) is 1. The number of benzene rings is 1. The number of hydrogen-bond donors (Lipinski definition) is 1. The molecule has 1 fully saturated rings. The van der Waals surface area contributed by atoms with E-state index in [9.17, 15) is 13.2 Å². The van der Waals surface area contributed by atoms with E-state index in [4.69, 9.17) is 0 Å². The molecule has 0 saturated heterocycles. The number of nitrogens with zero attached hydrogens (tertiary/aromatic N) is 2. The van der Waals surface area contributed by atoms with E-state index in [1.807, 2.05) is 10.9 Å². The van der Waals surface area contributed by atoms with Gasteiger partial charge in [0.05, 0.1) is 23.1 Å². The molecule has 0 amide bonds. The second-order valence-electron chi connectivity index (χ2n) is 6.38. The Morgan fingerprint density at radius 1 is 1.13 bits per heavy atom. The molecule has 1 spiro atoms. The lowest BCUT2D eigenvalue weighted by Crippen LogP contribution is -2.21. The molecule has 0 radical (unpaired) electrons. The van der Waals surface area contributed by atoms with Gasteiger partial charge in [0.1, 0.15) is 0 Å². The van der Waals surface area contributed by atoms with Crippen LogP contribution in [0.5, 0.6) is 0 Å². The molecule has 3 nitrogen and oxygen atoms in total. The predicted molar refractivity (Wildman–Crippen MR) is 83.1 cm³/mol. The highest BCUT2D eigenvalue weighted by Crippen LogP contribution is 2.54. The minimum absolute atomic E-state index is 0.492. The van der Waals surface area contributed by atoms with Crippen molar-refractivity contribution in [2.45, 2.75) is 43.3 Å². The maximum atomic E-state index is 12.6. The lowest BCUT2D eigenvalue weighted by Gasteiger charge is -2.23. The van der Waals surface area contributed by atoms with Crippen LogP contribution in [0.2, 0.25) is 0 Å². The fourth-order valence-corrected chi connectivity index (χ4v) is 3.76. The summed E-state index contributed by atoms with van der Waals surface area (Å²) in [6, 6.07) is 5.19. The molecule has 0 atom stereocenters. The smallest absolute Gasteiger partial charge is 0.323 e. The molecule has 1 aromatic carbocycles. The molecule has 0 bridgehead atoms. The first-order chi connectivity index (χ1) is 11.0. The molecule has 4 rings (SSSR count). The maximum absolute atomic E-state index is 12.6. The number of anilines is 1. The fraction of sp³-hybridized carbons (Fsp3) is 0.438. The number of aromatic nitrogens is 2. The highest BCUT2D eigenvalue weighted by molar-refractivity contribution is 8.00. The van der Waals surface area contributed by atoms with Crippen LogP contribution in [0.1, 0.15) is 30.5 Å². The first kappa shape index (κ1) is 14.9. The van der Waals surface area contributed by atoms with Crippen LogP contribution in [0.15, 0.2) is 35.4 Å². The van der Waals surface area contributed by atoms with Crippen molar-refractivity contribution in [1.29, 1.82) is 0 Å². The zero-order valence-electron chi connectivity index (χ0n) is 12.4. The summed E-state index contributed by atoms with van der Waals surface area (Å²) in [5, 5.41) is 4.40. The monoisotopic (exact) mass is 339 g/mol. The summed E-state index contributed by atoms with van der Waals surface area (Å²) in [7, 11) is 0. The third kappa shape index (κ3) is 2.94. The third-order valence-corrected chi connectivity index (χ3v) is 5.59. The van der Waals surface area contributed by atoms with Crippen LogP contribution in [0.3, 0.4) is 0 Å². The molecule has 7 heteroatoms.